The predicted octanol–water partition coefficient (Wildman–Crippen LogP) is 2.03. The molecule has 3 heteroatoms. The van der Waals surface area contributed by atoms with Crippen molar-refractivity contribution in [3.8, 4) is 11.3 Å². The van der Waals surface area contributed by atoms with Gasteiger partial charge in [0.25, 0.3) is 0 Å². The first-order valence-corrected chi connectivity index (χ1v) is 4.63. The Morgan fingerprint density at radius 1 is 1.13 bits per heavy atom. The van der Waals surface area contributed by atoms with E-state index in [4.69, 9.17) is 11.1 Å². The molecule has 0 saturated carbocycles. The number of hydrogen-bond donors (Lipinski definition) is 2. The average molecular weight is 197 g/mol. The molecule has 0 atom stereocenters. The van der Waals surface area contributed by atoms with Crippen molar-refractivity contribution in [2.45, 2.75) is 0 Å². The molecule has 0 aliphatic heterocycles. The van der Waals surface area contributed by atoms with E-state index in [2.05, 4.69) is 4.98 Å². The van der Waals surface area contributed by atoms with Crippen molar-refractivity contribution in [1.82, 2.24) is 4.98 Å². The lowest BCUT2D eigenvalue weighted by Crippen LogP contribution is -2.10. The highest BCUT2D eigenvalue weighted by atomic mass is 14.7. The summed E-state index contributed by atoms with van der Waals surface area (Å²) in [5, 5.41) is 7.35. The fourth-order valence-electron chi connectivity index (χ4n) is 1.38. The first-order chi connectivity index (χ1) is 7.27. The van der Waals surface area contributed by atoms with E-state index < -0.39 is 0 Å². The molecule has 3 N–H and O–H groups in total. The molecule has 0 aliphatic carbocycles. The zero-order chi connectivity index (χ0) is 10.7. The summed E-state index contributed by atoms with van der Waals surface area (Å²) in [6, 6.07) is 13.2. The van der Waals surface area contributed by atoms with E-state index in [1.807, 2.05) is 42.5 Å². The number of hydrogen-bond acceptors (Lipinski definition) is 2. The Morgan fingerprint density at radius 2 is 2.00 bits per heavy atom. The second kappa shape index (κ2) is 3.92. The van der Waals surface area contributed by atoms with Crippen molar-refractivity contribution < 1.29 is 0 Å². The summed E-state index contributed by atoms with van der Waals surface area (Å²) in [5.41, 5.74) is 8.01. The monoisotopic (exact) mass is 197 g/mol. The molecule has 1 heterocycles. The fraction of sp³-hybridized carbons (Fsp3) is 0. The second-order valence-electron chi connectivity index (χ2n) is 3.21. The van der Waals surface area contributed by atoms with Crippen LogP contribution in [-0.2, 0) is 0 Å². The van der Waals surface area contributed by atoms with Crippen molar-refractivity contribution >= 4 is 5.84 Å². The Labute approximate surface area is 88.1 Å². The SMILES string of the molecule is N=C(N)c1cccc(-c2ccccn2)c1. The number of pyridine rings is 1. The zero-order valence-corrected chi connectivity index (χ0v) is 8.14. The Kier molecular flexibility index (Phi) is 2.46. The molecule has 1 aromatic heterocycles. The molecule has 3 nitrogen and oxygen atoms in total. The zero-order valence-electron chi connectivity index (χ0n) is 8.14. The van der Waals surface area contributed by atoms with Crippen molar-refractivity contribution in [3.63, 3.8) is 0 Å². The maximum atomic E-state index is 7.35. The van der Waals surface area contributed by atoms with Crippen LogP contribution < -0.4 is 5.73 Å². The minimum Gasteiger partial charge on any atom is -0.384 e. The lowest BCUT2D eigenvalue weighted by atomic mass is 10.1. The molecule has 0 spiro atoms. The molecule has 15 heavy (non-hydrogen) atoms. The van der Waals surface area contributed by atoms with E-state index >= 15 is 0 Å². The number of amidine groups is 1. The van der Waals surface area contributed by atoms with Gasteiger partial charge in [-0.15, -0.1) is 0 Å². The van der Waals surface area contributed by atoms with Gasteiger partial charge in [0.15, 0.2) is 0 Å². The highest BCUT2D eigenvalue weighted by molar-refractivity contribution is 5.95. The summed E-state index contributed by atoms with van der Waals surface area (Å²) in [6.45, 7) is 0. The van der Waals surface area contributed by atoms with E-state index in [-0.39, 0.29) is 5.84 Å². The van der Waals surface area contributed by atoms with Crippen LogP contribution in [0.4, 0.5) is 0 Å². The van der Waals surface area contributed by atoms with Gasteiger partial charge in [0.2, 0.25) is 0 Å². The number of nitrogens with zero attached hydrogens (tertiary/aromatic N) is 1. The Bertz CT molecular complexity index is 477. The van der Waals surface area contributed by atoms with Crippen molar-refractivity contribution in [2.24, 2.45) is 5.73 Å². The molecule has 2 aromatic rings. The summed E-state index contributed by atoms with van der Waals surface area (Å²) in [6.07, 6.45) is 1.75. The molecule has 0 bridgehead atoms. The van der Waals surface area contributed by atoms with Crippen LogP contribution in [0.1, 0.15) is 5.56 Å². The number of aromatic nitrogens is 1. The van der Waals surface area contributed by atoms with Gasteiger partial charge in [0.1, 0.15) is 5.84 Å². The third kappa shape index (κ3) is 2.02. The van der Waals surface area contributed by atoms with E-state index in [0.717, 1.165) is 16.8 Å². The van der Waals surface area contributed by atoms with Crippen LogP contribution in [0.2, 0.25) is 0 Å². The van der Waals surface area contributed by atoms with Crippen molar-refractivity contribution in [2.75, 3.05) is 0 Å². The standard InChI is InChI=1S/C12H11N3/c13-12(14)10-5-3-4-9(8-10)11-6-1-2-7-15-11/h1-8H,(H3,13,14). The van der Waals surface area contributed by atoms with Gasteiger partial charge in [-0.3, -0.25) is 10.4 Å². The van der Waals surface area contributed by atoms with Crippen molar-refractivity contribution in [1.29, 1.82) is 5.41 Å². The van der Waals surface area contributed by atoms with Gasteiger partial charge >= 0.3 is 0 Å². The van der Waals surface area contributed by atoms with E-state index in [1.165, 1.54) is 0 Å². The van der Waals surface area contributed by atoms with Gasteiger partial charge in [-0.25, -0.2) is 0 Å². The maximum Gasteiger partial charge on any atom is 0.122 e. The van der Waals surface area contributed by atoms with Crippen LogP contribution in [0.5, 0.6) is 0 Å². The molecule has 1 aromatic carbocycles. The van der Waals surface area contributed by atoms with E-state index in [9.17, 15) is 0 Å². The first-order valence-electron chi connectivity index (χ1n) is 4.63. The van der Waals surface area contributed by atoms with E-state index in [1.54, 1.807) is 6.20 Å². The number of nitrogen functional groups attached to an aromatic ring is 1. The van der Waals surface area contributed by atoms with Crippen LogP contribution in [0.25, 0.3) is 11.3 Å². The van der Waals surface area contributed by atoms with Crippen LogP contribution in [0, 0.1) is 5.41 Å². The largest absolute Gasteiger partial charge is 0.384 e. The summed E-state index contributed by atoms with van der Waals surface area (Å²) in [4.78, 5) is 4.24. The molecule has 0 fully saturated rings. The minimum atomic E-state index is 0.0766. The molecule has 0 radical (unpaired) electrons. The predicted molar refractivity (Wildman–Crippen MR) is 60.7 cm³/mol. The van der Waals surface area contributed by atoms with Gasteiger partial charge in [0.05, 0.1) is 5.69 Å². The molecular formula is C12H11N3. The summed E-state index contributed by atoms with van der Waals surface area (Å²) >= 11 is 0. The molecule has 0 saturated heterocycles. The highest BCUT2D eigenvalue weighted by Gasteiger charge is 2.00. The van der Waals surface area contributed by atoms with Crippen LogP contribution in [-0.4, -0.2) is 10.8 Å². The molecular weight excluding hydrogens is 186 g/mol. The normalized spacial score (nSPS) is 9.87. The van der Waals surface area contributed by atoms with Gasteiger partial charge in [-0.1, -0.05) is 24.3 Å². The summed E-state index contributed by atoms with van der Waals surface area (Å²) in [5.74, 6) is 0.0766. The first kappa shape index (κ1) is 9.40. The van der Waals surface area contributed by atoms with Gasteiger partial charge in [0, 0.05) is 17.3 Å². The highest BCUT2D eigenvalue weighted by Crippen LogP contribution is 2.17. The smallest absolute Gasteiger partial charge is 0.122 e. The van der Waals surface area contributed by atoms with Gasteiger partial charge < -0.3 is 5.73 Å². The minimum absolute atomic E-state index is 0.0766. The average Bonchev–Trinajstić information content (AvgIpc) is 2.30. The molecule has 0 amide bonds. The number of rotatable bonds is 2. The molecule has 0 unspecified atom stereocenters. The second-order valence-corrected chi connectivity index (χ2v) is 3.21. The van der Waals surface area contributed by atoms with Crippen LogP contribution >= 0.6 is 0 Å². The molecule has 2 rings (SSSR count). The third-order valence-corrected chi connectivity index (χ3v) is 2.13. The molecule has 74 valence electrons. The van der Waals surface area contributed by atoms with E-state index in [0.29, 0.717) is 0 Å². The quantitative estimate of drug-likeness (QED) is 0.571. The van der Waals surface area contributed by atoms with Crippen LogP contribution in [0.3, 0.4) is 0 Å². The number of nitrogens with one attached hydrogen (secondary N) is 1. The fourth-order valence-corrected chi connectivity index (χ4v) is 1.38. The topological polar surface area (TPSA) is 62.8 Å². The lowest BCUT2D eigenvalue weighted by molar-refractivity contribution is 1.32. The van der Waals surface area contributed by atoms with Crippen molar-refractivity contribution in [3.05, 3.63) is 54.2 Å². The third-order valence-electron chi connectivity index (χ3n) is 2.13. The molecule has 0 aliphatic rings. The summed E-state index contributed by atoms with van der Waals surface area (Å²) < 4.78 is 0. The Hall–Kier alpha value is -2.16. The Morgan fingerprint density at radius 3 is 2.67 bits per heavy atom. The number of benzene rings is 1. The van der Waals surface area contributed by atoms with Gasteiger partial charge in [-0.05, 0) is 18.2 Å². The van der Waals surface area contributed by atoms with Crippen LogP contribution in [0.15, 0.2) is 48.7 Å². The Balaban J connectivity index is 2.46. The maximum absolute atomic E-state index is 7.35. The summed E-state index contributed by atoms with van der Waals surface area (Å²) in [7, 11) is 0. The number of nitrogens with two attached hydrogens (primary N) is 1. The van der Waals surface area contributed by atoms with Gasteiger partial charge in [-0.2, -0.15) is 0 Å². The lowest BCUT2D eigenvalue weighted by Gasteiger charge is -2.02.